The first-order valence-electron chi connectivity index (χ1n) is 6.37. The maximum atomic E-state index is 13.6. The molecule has 0 saturated heterocycles. The standard InChI is InChI=1S/C16H17FN2S/c1-19(11-13-7-3-5-9-15(13)17)10-12-6-2-4-8-14(12)16(18)20/h2-9H,10-11H2,1H3,(H2,18,20). The van der Waals surface area contributed by atoms with Crippen LogP contribution < -0.4 is 5.73 Å². The van der Waals surface area contributed by atoms with Crippen LogP contribution in [0.5, 0.6) is 0 Å². The molecule has 0 fully saturated rings. The lowest BCUT2D eigenvalue weighted by molar-refractivity contribution is 0.313. The van der Waals surface area contributed by atoms with E-state index >= 15 is 0 Å². The minimum Gasteiger partial charge on any atom is -0.389 e. The molecule has 2 N–H and O–H groups in total. The highest BCUT2D eigenvalue weighted by Crippen LogP contribution is 2.14. The van der Waals surface area contributed by atoms with E-state index in [1.54, 1.807) is 12.1 Å². The normalized spacial score (nSPS) is 10.8. The molecular weight excluding hydrogens is 271 g/mol. The van der Waals surface area contributed by atoms with Crippen molar-refractivity contribution in [2.45, 2.75) is 13.1 Å². The van der Waals surface area contributed by atoms with E-state index < -0.39 is 0 Å². The molecule has 20 heavy (non-hydrogen) atoms. The molecule has 0 amide bonds. The highest BCUT2D eigenvalue weighted by atomic mass is 32.1. The van der Waals surface area contributed by atoms with E-state index in [0.717, 1.165) is 11.1 Å². The summed E-state index contributed by atoms with van der Waals surface area (Å²) in [5.41, 5.74) is 8.34. The molecule has 0 heterocycles. The Morgan fingerprint density at radius 1 is 1.05 bits per heavy atom. The quantitative estimate of drug-likeness (QED) is 0.857. The molecule has 4 heteroatoms. The van der Waals surface area contributed by atoms with Crippen LogP contribution in [-0.2, 0) is 13.1 Å². The number of benzene rings is 2. The molecule has 0 atom stereocenters. The lowest BCUT2D eigenvalue weighted by atomic mass is 10.1. The molecular formula is C16H17FN2S. The Hall–Kier alpha value is -1.78. The smallest absolute Gasteiger partial charge is 0.127 e. The summed E-state index contributed by atoms with van der Waals surface area (Å²) in [6.45, 7) is 1.21. The van der Waals surface area contributed by atoms with Gasteiger partial charge in [0, 0.05) is 24.2 Å². The summed E-state index contributed by atoms with van der Waals surface area (Å²) in [5.74, 6) is -0.179. The van der Waals surface area contributed by atoms with Crippen LogP contribution in [0.25, 0.3) is 0 Å². The summed E-state index contributed by atoms with van der Waals surface area (Å²) in [6, 6.07) is 14.6. The average Bonchev–Trinajstić information content (AvgIpc) is 2.41. The van der Waals surface area contributed by atoms with Gasteiger partial charge in [0.1, 0.15) is 10.8 Å². The van der Waals surface area contributed by atoms with Gasteiger partial charge in [-0.25, -0.2) is 4.39 Å². The third-order valence-electron chi connectivity index (χ3n) is 3.12. The molecule has 0 saturated carbocycles. The van der Waals surface area contributed by atoms with Crippen LogP contribution in [0.1, 0.15) is 16.7 Å². The van der Waals surface area contributed by atoms with Crippen LogP contribution in [0.3, 0.4) is 0 Å². The maximum absolute atomic E-state index is 13.6. The van der Waals surface area contributed by atoms with Crippen molar-refractivity contribution in [3.05, 3.63) is 71.0 Å². The van der Waals surface area contributed by atoms with Gasteiger partial charge in [-0.2, -0.15) is 0 Å². The number of rotatable bonds is 5. The minimum atomic E-state index is -0.179. The molecule has 104 valence electrons. The van der Waals surface area contributed by atoms with Crippen molar-refractivity contribution < 1.29 is 4.39 Å². The Morgan fingerprint density at radius 3 is 2.25 bits per heavy atom. The first-order chi connectivity index (χ1) is 9.58. The molecule has 0 aromatic heterocycles. The molecule has 2 rings (SSSR count). The zero-order chi connectivity index (χ0) is 14.5. The SMILES string of the molecule is CN(Cc1ccccc1F)Cc1ccccc1C(N)=S. The lowest BCUT2D eigenvalue weighted by Gasteiger charge is -2.19. The predicted octanol–water partition coefficient (Wildman–Crippen LogP) is 3.09. The maximum Gasteiger partial charge on any atom is 0.127 e. The lowest BCUT2D eigenvalue weighted by Crippen LogP contribution is -2.21. The van der Waals surface area contributed by atoms with Crippen LogP contribution in [0.2, 0.25) is 0 Å². The topological polar surface area (TPSA) is 29.3 Å². The highest BCUT2D eigenvalue weighted by molar-refractivity contribution is 7.80. The molecule has 0 bridgehead atoms. The van der Waals surface area contributed by atoms with Crippen molar-refractivity contribution in [2.24, 2.45) is 5.73 Å². The van der Waals surface area contributed by atoms with Crippen molar-refractivity contribution in [1.82, 2.24) is 4.90 Å². The molecule has 0 radical (unpaired) electrons. The number of nitrogens with zero attached hydrogens (tertiary/aromatic N) is 1. The molecule has 2 aromatic carbocycles. The van der Waals surface area contributed by atoms with Crippen molar-refractivity contribution >= 4 is 17.2 Å². The van der Waals surface area contributed by atoms with Gasteiger partial charge >= 0.3 is 0 Å². The van der Waals surface area contributed by atoms with Crippen LogP contribution in [-0.4, -0.2) is 16.9 Å². The average molecular weight is 288 g/mol. The van der Waals surface area contributed by atoms with E-state index in [2.05, 4.69) is 0 Å². The van der Waals surface area contributed by atoms with Crippen LogP contribution in [0.4, 0.5) is 4.39 Å². The van der Waals surface area contributed by atoms with Gasteiger partial charge < -0.3 is 5.73 Å². The highest BCUT2D eigenvalue weighted by Gasteiger charge is 2.09. The number of thiocarbonyl (C=S) groups is 1. The Balaban J connectivity index is 2.11. The Labute approximate surface area is 124 Å². The fourth-order valence-electron chi connectivity index (χ4n) is 2.16. The van der Waals surface area contributed by atoms with Gasteiger partial charge in [0.15, 0.2) is 0 Å². The van der Waals surface area contributed by atoms with Crippen molar-refractivity contribution in [1.29, 1.82) is 0 Å². The number of nitrogens with two attached hydrogens (primary N) is 1. The summed E-state index contributed by atoms with van der Waals surface area (Å²) in [7, 11) is 1.95. The minimum absolute atomic E-state index is 0.179. The van der Waals surface area contributed by atoms with Gasteiger partial charge in [-0.1, -0.05) is 54.7 Å². The predicted molar refractivity (Wildman–Crippen MR) is 83.9 cm³/mol. The fourth-order valence-corrected chi connectivity index (χ4v) is 2.36. The summed E-state index contributed by atoms with van der Waals surface area (Å²) >= 11 is 5.05. The van der Waals surface area contributed by atoms with Gasteiger partial charge in [-0.3, -0.25) is 4.90 Å². The third-order valence-corrected chi connectivity index (χ3v) is 3.34. The van der Waals surface area contributed by atoms with Gasteiger partial charge in [0.25, 0.3) is 0 Å². The van der Waals surface area contributed by atoms with Crippen molar-refractivity contribution in [3.8, 4) is 0 Å². The summed E-state index contributed by atoms with van der Waals surface area (Å²) < 4.78 is 13.6. The van der Waals surface area contributed by atoms with E-state index in [-0.39, 0.29) is 5.82 Å². The summed E-state index contributed by atoms with van der Waals surface area (Å²) in [6.07, 6.45) is 0. The molecule has 0 unspecified atom stereocenters. The van der Waals surface area contributed by atoms with E-state index in [0.29, 0.717) is 23.6 Å². The monoisotopic (exact) mass is 288 g/mol. The van der Waals surface area contributed by atoms with E-state index in [1.807, 2.05) is 42.3 Å². The van der Waals surface area contributed by atoms with Crippen molar-refractivity contribution in [3.63, 3.8) is 0 Å². The fraction of sp³-hybridized carbons (Fsp3) is 0.188. The van der Waals surface area contributed by atoms with Crippen molar-refractivity contribution in [2.75, 3.05) is 7.05 Å². The Morgan fingerprint density at radius 2 is 1.60 bits per heavy atom. The Kier molecular flexibility index (Phi) is 4.82. The van der Waals surface area contributed by atoms with Gasteiger partial charge in [-0.05, 0) is 18.7 Å². The number of hydrogen-bond acceptors (Lipinski definition) is 2. The third kappa shape index (κ3) is 3.62. The van der Waals surface area contributed by atoms with Gasteiger partial charge in [0.2, 0.25) is 0 Å². The molecule has 0 spiro atoms. The van der Waals surface area contributed by atoms with Crippen LogP contribution in [0, 0.1) is 5.82 Å². The molecule has 0 aliphatic heterocycles. The van der Waals surface area contributed by atoms with Crippen LogP contribution in [0.15, 0.2) is 48.5 Å². The Bertz CT molecular complexity index is 613. The molecule has 0 aliphatic rings. The second kappa shape index (κ2) is 6.59. The first-order valence-corrected chi connectivity index (χ1v) is 6.78. The summed E-state index contributed by atoms with van der Waals surface area (Å²) in [4.78, 5) is 2.43. The molecule has 2 aromatic rings. The number of hydrogen-bond donors (Lipinski definition) is 1. The zero-order valence-electron chi connectivity index (χ0n) is 11.3. The van der Waals surface area contributed by atoms with E-state index in [4.69, 9.17) is 18.0 Å². The second-order valence-corrected chi connectivity index (χ2v) is 5.22. The largest absolute Gasteiger partial charge is 0.389 e. The van der Waals surface area contributed by atoms with Crippen LogP contribution >= 0.6 is 12.2 Å². The van der Waals surface area contributed by atoms with Gasteiger partial charge in [0.05, 0.1) is 0 Å². The van der Waals surface area contributed by atoms with E-state index in [1.165, 1.54) is 6.07 Å². The molecule has 0 aliphatic carbocycles. The molecule has 2 nitrogen and oxygen atoms in total. The van der Waals surface area contributed by atoms with E-state index in [9.17, 15) is 4.39 Å². The number of halogens is 1. The van der Waals surface area contributed by atoms with Gasteiger partial charge in [-0.15, -0.1) is 0 Å². The second-order valence-electron chi connectivity index (χ2n) is 4.79. The summed E-state index contributed by atoms with van der Waals surface area (Å²) in [5, 5.41) is 0. The zero-order valence-corrected chi connectivity index (χ0v) is 12.2. The first kappa shape index (κ1) is 14.6.